The summed E-state index contributed by atoms with van der Waals surface area (Å²) in [6.07, 6.45) is 6.36. The predicted molar refractivity (Wildman–Crippen MR) is 137 cm³/mol. The van der Waals surface area contributed by atoms with Gasteiger partial charge in [0.2, 0.25) is 15.9 Å². The van der Waals surface area contributed by atoms with Crippen LogP contribution in [0.25, 0.3) is 0 Å². The molecular weight excluding hydrogens is 496 g/mol. The first-order chi connectivity index (χ1) is 17.8. The van der Waals surface area contributed by atoms with Crippen LogP contribution in [0, 0.1) is 0 Å². The summed E-state index contributed by atoms with van der Waals surface area (Å²) in [6, 6.07) is 10.6. The highest BCUT2D eigenvalue weighted by molar-refractivity contribution is 7.89. The minimum atomic E-state index is -4.10. The molecule has 1 unspecified atom stereocenters. The zero-order chi connectivity index (χ0) is 26.6. The molecule has 1 saturated heterocycles. The Morgan fingerprint density at radius 2 is 1.73 bits per heavy atom. The van der Waals surface area contributed by atoms with Gasteiger partial charge in [-0.05, 0) is 80.6 Å². The van der Waals surface area contributed by atoms with E-state index in [1.807, 2.05) is 0 Å². The summed E-state index contributed by atoms with van der Waals surface area (Å²) in [6.45, 7) is 0.0823. The summed E-state index contributed by atoms with van der Waals surface area (Å²) in [5.41, 5.74) is 1.70. The van der Waals surface area contributed by atoms with Crippen molar-refractivity contribution >= 4 is 33.5 Å². The van der Waals surface area contributed by atoms with Crippen LogP contribution in [0.1, 0.15) is 48.9 Å². The van der Waals surface area contributed by atoms with Crippen molar-refractivity contribution in [2.75, 3.05) is 25.7 Å². The number of hydrogen-bond acceptors (Lipinski definition) is 7. The lowest BCUT2D eigenvalue weighted by molar-refractivity contribution is -0.122. The van der Waals surface area contributed by atoms with Crippen LogP contribution in [0.15, 0.2) is 65.1 Å². The molecule has 1 fully saturated rings. The topological polar surface area (TPSA) is 110 Å². The van der Waals surface area contributed by atoms with Crippen molar-refractivity contribution in [1.82, 2.24) is 4.31 Å². The van der Waals surface area contributed by atoms with Gasteiger partial charge in [-0.2, -0.15) is 4.31 Å². The number of sulfonamides is 1. The van der Waals surface area contributed by atoms with E-state index in [2.05, 4.69) is 6.08 Å². The van der Waals surface area contributed by atoms with E-state index in [9.17, 15) is 22.8 Å². The molecule has 9 nitrogen and oxygen atoms in total. The van der Waals surface area contributed by atoms with E-state index in [1.54, 1.807) is 12.1 Å². The number of hydrogen-bond donors (Lipinski definition) is 0. The smallest absolute Gasteiger partial charge is 0.337 e. The van der Waals surface area contributed by atoms with Gasteiger partial charge in [-0.1, -0.05) is 11.6 Å². The lowest BCUT2D eigenvalue weighted by atomic mass is 9.97. The van der Waals surface area contributed by atoms with Gasteiger partial charge < -0.3 is 9.47 Å². The Labute approximate surface area is 216 Å². The highest BCUT2D eigenvalue weighted by atomic mass is 32.2. The summed E-state index contributed by atoms with van der Waals surface area (Å²) >= 11 is 0. The third-order valence-electron chi connectivity index (χ3n) is 6.72. The summed E-state index contributed by atoms with van der Waals surface area (Å²) in [5, 5.41) is 0. The minimum Gasteiger partial charge on any atom is -0.497 e. The van der Waals surface area contributed by atoms with Gasteiger partial charge in [-0.15, -0.1) is 0 Å². The first-order valence-electron chi connectivity index (χ1n) is 12.1. The van der Waals surface area contributed by atoms with Crippen molar-refractivity contribution in [3.8, 4) is 5.75 Å². The van der Waals surface area contributed by atoms with Crippen LogP contribution in [0.5, 0.6) is 5.75 Å². The van der Waals surface area contributed by atoms with Crippen molar-refractivity contribution in [3.05, 3.63) is 65.7 Å². The highest BCUT2D eigenvalue weighted by Gasteiger charge is 2.46. The molecule has 2 amide bonds. The first kappa shape index (κ1) is 26.6. The highest BCUT2D eigenvalue weighted by Crippen LogP contribution is 2.31. The molecule has 0 bridgehead atoms. The summed E-state index contributed by atoms with van der Waals surface area (Å²) in [5.74, 6) is -1.16. The van der Waals surface area contributed by atoms with Crippen molar-refractivity contribution in [1.29, 1.82) is 0 Å². The van der Waals surface area contributed by atoms with E-state index in [4.69, 9.17) is 9.47 Å². The molecule has 4 rings (SSSR count). The number of imide groups is 1. The Hall–Kier alpha value is -3.50. The SMILES string of the molecule is COC(=O)c1ccc(N2C(=O)CC(N(CCC3=CCCCC3)S(=O)(=O)c3ccc(OC)cc3)C2=O)cc1. The van der Waals surface area contributed by atoms with Gasteiger partial charge >= 0.3 is 5.97 Å². The molecule has 1 heterocycles. The van der Waals surface area contributed by atoms with Gasteiger partial charge in [0.25, 0.3) is 5.91 Å². The van der Waals surface area contributed by atoms with E-state index in [0.717, 1.165) is 40.5 Å². The Bertz CT molecular complexity index is 1300. The molecule has 0 N–H and O–H groups in total. The Morgan fingerprint density at radius 3 is 2.32 bits per heavy atom. The minimum absolute atomic E-state index is 0.0204. The van der Waals surface area contributed by atoms with E-state index in [0.29, 0.717) is 12.2 Å². The summed E-state index contributed by atoms with van der Waals surface area (Å²) in [4.78, 5) is 39.3. The lowest BCUT2D eigenvalue weighted by Gasteiger charge is -2.28. The van der Waals surface area contributed by atoms with Crippen LogP contribution >= 0.6 is 0 Å². The van der Waals surface area contributed by atoms with Gasteiger partial charge in [-0.25, -0.2) is 18.1 Å². The molecule has 1 aliphatic carbocycles. The van der Waals surface area contributed by atoms with Crippen LogP contribution < -0.4 is 9.64 Å². The Kier molecular flexibility index (Phi) is 8.09. The van der Waals surface area contributed by atoms with Crippen molar-refractivity contribution in [2.45, 2.75) is 49.5 Å². The average Bonchev–Trinajstić information content (AvgIpc) is 3.22. The monoisotopic (exact) mass is 526 g/mol. The number of nitrogens with zero attached hydrogens (tertiary/aromatic N) is 2. The normalized spacial score (nSPS) is 18.2. The van der Waals surface area contributed by atoms with Crippen molar-refractivity contribution in [3.63, 3.8) is 0 Å². The zero-order valence-electron chi connectivity index (χ0n) is 20.9. The van der Waals surface area contributed by atoms with Crippen LogP contribution in [0.3, 0.4) is 0 Å². The fourth-order valence-corrected chi connectivity index (χ4v) is 6.27. The predicted octanol–water partition coefficient (Wildman–Crippen LogP) is 3.70. The number of rotatable bonds is 9. The third kappa shape index (κ3) is 5.60. The van der Waals surface area contributed by atoms with Crippen molar-refractivity contribution < 1.29 is 32.3 Å². The quantitative estimate of drug-likeness (QED) is 0.278. The number of amides is 2. The Balaban J connectivity index is 1.65. The summed E-state index contributed by atoms with van der Waals surface area (Å²) < 4.78 is 38.5. The number of allylic oxidation sites excluding steroid dienone is 1. The largest absolute Gasteiger partial charge is 0.497 e. The van der Waals surface area contributed by atoms with E-state index in [-0.39, 0.29) is 29.1 Å². The maximum atomic E-state index is 13.8. The summed E-state index contributed by atoms with van der Waals surface area (Å²) in [7, 11) is -1.36. The number of methoxy groups -OCH3 is 2. The van der Waals surface area contributed by atoms with Gasteiger partial charge in [0.1, 0.15) is 11.8 Å². The molecule has 0 spiro atoms. The molecule has 1 atom stereocenters. The molecule has 0 radical (unpaired) electrons. The van der Waals surface area contributed by atoms with Gasteiger partial charge in [-0.3, -0.25) is 9.59 Å². The fraction of sp³-hybridized carbons (Fsp3) is 0.370. The first-order valence-corrected chi connectivity index (χ1v) is 13.6. The second-order valence-electron chi connectivity index (χ2n) is 8.98. The lowest BCUT2D eigenvalue weighted by Crippen LogP contribution is -2.46. The molecule has 1 aliphatic heterocycles. The van der Waals surface area contributed by atoms with Crippen molar-refractivity contribution in [2.24, 2.45) is 0 Å². The van der Waals surface area contributed by atoms with Gasteiger partial charge in [0, 0.05) is 6.54 Å². The van der Waals surface area contributed by atoms with Crippen LogP contribution in [-0.2, 0) is 24.3 Å². The number of anilines is 1. The van der Waals surface area contributed by atoms with Gasteiger partial charge in [0.15, 0.2) is 0 Å². The number of esters is 1. The molecule has 37 heavy (non-hydrogen) atoms. The van der Waals surface area contributed by atoms with Crippen LogP contribution in [0.4, 0.5) is 5.69 Å². The second kappa shape index (κ2) is 11.3. The third-order valence-corrected chi connectivity index (χ3v) is 8.64. The second-order valence-corrected chi connectivity index (χ2v) is 10.9. The Morgan fingerprint density at radius 1 is 1.03 bits per heavy atom. The number of ether oxygens (including phenoxy) is 2. The molecule has 2 aromatic rings. The molecule has 10 heteroatoms. The maximum absolute atomic E-state index is 13.8. The number of carbonyl (C=O) groups excluding carboxylic acids is 3. The fourth-order valence-electron chi connectivity index (χ4n) is 4.69. The number of benzene rings is 2. The molecule has 2 aromatic carbocycles. The average molecular weight is 527 g/mol. The van der Waals surface area contributed by atoms with E-state index >= 15 is 0 Å². The van der Waals surface area contributed by atoms with Crippen LogP contribution in [0.2, 0.25) is 0 Å². The molecule has 0 saturated carbocycles. The standard InChI is InChI=1S/C27H30N2O7S/c1-35-22-12-14-23(15-13-22)37(33,34)28(17-16-19-6-4-3-5-7-19)24-18-25(30)29(26(24)31)21-10-8-20(9-11-21)27(32)36-2/h6,8-15,24H,3-5,7,16-18H2,1-2H3. The molecule has 0 aromatic heterocycles. The van der Waals surface area contributed by atoms with Gasteiger partial charge in [0.05, 0.1) is 36.8 Å². The number of carbonyl (C=O) groups is 3. The zero-order valence-corrected chi connectivity index (χ0v) is 21.7. The maximum Gasteiger partial charge on any atom is 0.337 e. The van der Waals surface area contributed by atoms with E-state index < -0.39 is 33.8 Å². The molecule has 2 aliphatic rings. The van der Waals surface area contributed by atoms with Crippen LogP contribution in [-0.4, -0.2) is 57.3 Å². The van der Waals surface area contributed by atoms with E-state index in [1.165, 1.54) is 50.6 Å². The molecular formula is C27H30N2O7S. The molecule has 196 valence electrons.